The van der Waals surface area contributed by atoms with Crippen LogP contribution in [0, 0.1) is 29.1 Å². The van der Waals surface area contributed by atoms with Crippen molar-refractivity contribution in [3.8, 4) is 0 Å². The van der Waals surface area contributed by atoms with Gasteiger partial charge in [-0.15, -0.1) is 0 Å². The van der Waals surface area contributed by atoms with Crippen molar-refractivity contribution in [2.24, 2.45) is 29.1 Å². The predicted molar refractivity (Wildman–Crippen MR) is 126 cm³/mol. The fraction of sp³-hybridized carbons (Fsp3) is 0.630. The number of fused-ring (bicyclic) bond motifs is 1. The van der Waals surface area contributed by atoms with Gasteiger partial charge in [-0.1, -0.05) is 77.1 Å². The van der Waals surface area contributed by atoms with Gasteiger partial charge >= 0.3 is 0 Å². The molecular formula is C27H42N2. The van der Waals surface area contributed by atoms with E-state index in [1.165, 1.54) is 23.1 Å². The van der Waals surface area contributed by atoms with Crippen molar-refractivity contribution in [2.45, 2.75) is 79.3 Å². The number of rotatable bonds is 10. The Balaban J connectivity index is 1.71. The van der Waals surface area contributed by atoms with Gasteiger partial charge in [-0.3, -0.25) is 0 Å². The summed E-state index contributed by atoms with van der Waals surface area (Å²) in [7, 11) is 0. The fourth-order valence-electron chi connectivity index (χ4n) is 6.32. The minimum atomic E-state index is 0.269. The molecule has 0 heterocycles. The molecular weight excluding hydrogens is 352 g/mol. The highest BCUT2D eigenvalue weighted by Gasteiger charge is 2.58. The lowest BCUT2D eigenvalue weighted by Gasteiger charge is -2.31. The second-order valence-electron chi connectivity index (χ2n) is 10.5. The highest BCUT2D eigenvalue weighted by atomic mass is 15.1. The second kappa shape index (κ2) is 8.58. The Bertz CT molecular complexity index is 720. The van der Waals surface area contributed by atoms with Crippen LogP contribution in [0.3, 0.4) is 0 Å². The molecule has 2 nitrogen and oxygen atoms in total. The summed E-state index contributed by atoms with van der Waals surface area (Å²) >= 11 is 0. The monoisotopic (exact) mass is 394 g/mol. The smallest absolute Gasteiger partial charge is 0.0919 e. The van der Waals surface area contributed by atoms with Gasteiger partial charge in [0.25, 0.3) is 0 Å². The van der Waals surface area contributed by atoms with E-state index in [0.29, 0.717) is 23.3 Å². The van der Waals surface area contributed by atoms with Crippen LogP contribution in [0.1, 0.15) is 65.5 Å². The lowest BCUT2D eigenvalue weighted by molar-refractivity contribution is 0.369. The number of benzene rings is 1. The van der Waals surface area contributed by atoms with Crippen LogP contribution in [0.25, 0.3) is 0 Å². The van der Waals surface area contributed by atoms with Crippen molar-refractivity contribution in [2.75, 3.05) is 0 Å². The largest absolute Gasteiger partial charge is 0.370 e. The number of hydrogen-bond donors (Lipinski definition) is 2. The summed E-state index contributed by atoms with van der Waals surface area (Å²) in [6, 6.07) is 9.56. The molecule has 4 unspecified atom stereocenters. The third kappa shape index (κ3) is 4.73. The van der Waals surface area contributed by atoms with Gasteiger partial charge in [0.2, 0.25) is 0 Å². The summed E-state index contributed by atoms with van der Waals surface area (Å²) < 4.78 is 0. The first kappa shape index (κ1) is 22.0. The molecule has 0 saturated heterocycles. The molecule has 2 N–H and O–H groups in total. The van der Waals surface area contributed by atoms with Gasteiger partial charge in [-0.2, -0.15) is 0 Å². The SMILES string of the molecule is C=C(NC(C)C)NC(C(=C)CC(C)C1C(CC)C1(C)C)C1Cc2ccccc2C1. The standard InChI is InChI=1S/C27H42N2/c1-9-24-25(27(24,7)8)18(4)14-19(5)26(29-20(6)28-17(2)3)23-15-21-12-10-11-13-22(21)16-23/h10-13,17-18,23-26,28-29H,5-6,9,14-16H2,1-4,7-8H3. The maximum Gasteiger partial charge on any atom is 0.0919 e. The molecule has 0 radical (unpaired) electrons. The van der Waals surface area contributed by atoms with E-state index in [9.17, 15) is 0 Å². The Morgan fingerprint density at radius 1 is 1.07 bits per heavy atom. The van der Waals surface area contributed by atoms with Crippen LogP contribution < -0.4 is 10.6 Å². The first-order valence-corrected chi connectivity index (χ1v) is 11.6. The van der Waals surface area contributed by atoms with E-state index in [0.717, 1.165) is 36.9 Å². The van der Waals surface area contributed by atoms with E-state index in [1.54, 1.807) is 0 Å². The summed E-state index contributed by atoms with van der Waals surface area (Å²) in [5.74, 6) is 3.84. The minimum absolute atomic E-state index is 0.269. The molecule has 0 aromatic heterocycles. The Labute approximate surface area is 179 Å². The lowest BCUT2D eigenvalue weighted by atomic mass is 9.84. The number of nitrogens with one attached hydrogen (secondary N) is 2. The zero-order valence-corrected chi connectivity index (χ0v) is 19.5. The Hall–Kier alpha value is -1.70. The highest BCUT2D eigenvalue weighted by Crippen LogP contribution is 2.64. The fourth-order valence-corrected chi connectivity index (χ4v) is 6.32. The van der Waals surface area contributed by atoms with Gasteiger partial charge in [0.1, 0.15) is 0 Å². The summed E-state index contributed by atoms with van der Waals surface area (Å²) in [6.45, 7) is 22.9. The lowest BCUT2D eigenvalue weighted by Crippen LogP contribution is -2.42. The van der Waals surface area contributed by atoms with Crippen LogP contribution in [-0.2, 0) is 12.8 Å². The first-order valence-electron chi connectivity index (χ1n) is 11.6. The van der Waals surface area contributed by atoms with Crippen molar-refractivity contribution in [3.05, 3.63) is 59.9 Å². The molecule has 29 heavy (non-hydrogen) atoms. The van der Waals surface area contributed by atoms with E-state index >= 15 is 0 Å². The van der Waals surface area contributed by atoms with Crippen molar-refractivity contribution >= 4 is 0 Å². The van der Waals surface area contributed by atoms with Crippen molar-refractivity contribution < 1.29 is 0 Å². The Morgan fingerprint density at radius 2 is 1.66 bits per heavy atom. The molecule has 3 rings (SSSR count). The summed E-state index contributed by atoms with van der Waals surface area (Å²) in [5, 5.41) is 7.17. The average Bonchev–Trinajstić information content (AvgIpc) is 2.98. The molecule has 1 aromatic carbocycles. The zero-order valence-electron chi connectivity index (χ0n) is 19.5. The first-order chi connectivity index (χ1) is 13.6. The summed E-state index contributed by atoms with van der Waals surface area (Å²) in [5.41, 5.74) is 4.84. The van der Waals surface area contributed by atoms with Gasteiger partial charge in [0.05, 0.1) is 11.9 Å². The van der Waals surface area contributed by atoms with Crippen LogP contribution in [-0.4, -0.2) is 12.1 Å². The molecule has 4 atom stereocenters. The molecule has 0 spiro atoms. The molecule has 0 aliphatic heterocycles. The summed E-state index contributed by atoms with van der Waals surface area (Å²) in [6.07, 6.45) is 4.65. The van der Waals surface area contributed by atoms with Crippen LogP contribution >= 0.6 is 0 Å². The maximum absolute atomic E-state index is 4.61. The van der Waals surface area contributed by atoms with Gasteiger partial charge < -0.3 is 10.6 Å². The minimum Gasteiger partial charge on any atom is -0.370 e. The maximum atomic E-state index is 4.61. The van der Waals surface area contributed by atoms with E-state index in [2.05, 4.69) is 89.6 Å². The molecule has 160 valence electrons. The van der Waals surface area contributed by atoms with Gasteiger partial charge in [-0.25, -0.2) is 0 Å². The third-order valence-corrected chi connectivity index (χ3v) is 7.56. The molecule has 2 aliphatic rings. The number of hydrogen-bond acceptors (Lipinski definition) is 2. The Morgan fingerprint density at radius 3 is 2.14 bits per heavy atom. The molecule has 0 bridgehead atoms. The second-order valence-corrected chi connectivity index (χ2v) is 10.5. The van der Waals surface area contributed by atoms with Crippen LogP contribution in [0.15, 0.2) is 48.8 Å². The van der Waals surface area contributed by atoms with E-state index in [4.69, 9.17) is 0 Å². The van der Waals surface area contributed by atoms with E-state index in [-0.39, 0.29) is 6.04 Å². The van der Waals surface area contributed by atoms with Gasteiger partial charge in [0.15, 0.2) is 0 Å². The van der Waals surface area contributed by atoms with Crippen molar-refractivity contribution in [1.29, 1.82) is 0 Å². The average molecular weight is 395 g/mol. The van der Waals surface area contributed by atoms with Gasteiger partial charge in [-0.05, 0) is 73.3 Å². The third-order valence-electron chi connectivity index (χ3n) is 7.56. The van der Waals surface area contributed by atoms with E-state index in [1.807, 2.05) is 0 Å². The highest BCUT2D eigenvalue weighted by molar-refractivity contribution is 5.34. The quantitative estimate of drug-likeness (QED) is 0.469. The molecule has 0 amide bonds. The van der Waals surface area contributed by atoms with Crippen LogP contribution in [0.2, 0.25) is 0 Å². The van der Waals surface area contributed by atoms with Crippen LogP contribution in [0.4, 0.5) is 0 Å². The normalized spacial score (nSPS) is 24.7. The molecule has 1 aromatic rings. The van der Waals surface area contributed by atoms with Crippen molar-refractivity contribution in [1.82, 2.24) is 10.6 Å². The molecule has 2 heteroatoms. The molecule has 1 fully saturated rings. The topological polar surface area (TPSA) is 24.1 Å². The Kier molecular flexibility index (Phi) is 6.51. The van der Waals surface area contributed by atoms with Crippen LogP contribution in [0.5, 0.6) is 0 Å². The van der Waals surface area contributed by atoms with E-state index < -0.39 is 0 Å². The van der Waals surface area contributed by atoms with Gasteiger partial charge in [0, 0.05) is 6.04 Å². The summed E-state index contributed by atoms with van der Waals surface area (Å²) in [4.78, 5) is 0. The molecule has 1 saturated carbocycles. The van der Waals surface area contributed by atoms with Crippen molar-refractivity contribution in [3.63, 3.8) is 0 Å². The molecule has 2 aliphatic carbocycles. The predicted octanol–water partition coefficient (Wildman–Crippen LogP) is 6.09. The zero-order chi connectivity index (χ0) is 21.3.